The number of furan rings is 1. The van der Waals surface area contributed by atoms with Crippen molar-refractivity contribution >= 4 is 104 Å². The molecule has 182 valence electrons. The summed E-state index contributed by atoms with van der Waals surface area (Å²) < 4.78 is 11.6. The van der Waals surface area contributed by atoms with Crippen LogP contribution in [0, 0.1) is 0 Å². The van der Waals surface area contributed by atoms with E-state index in [0.29, 0.717) is 0 Å². The maximum Gasteiger partial charge on any atom is 0.305 e. The van der Waals surface area contributed by atoms with Gasteiger partial charge in [0.05, 0.1) is 21.6 Å². The minimum absolute atomic E-state index is 0.0167. The molecule has 0 atom stereocenters. The van der Waals surface area contributed by atoms with Crippen LogP contribution in [0.25, 0.3) is 41.4 Å². The van der Waals surface area contributed by atoms with E-state index >= 15 is 0 Å². The Morgan fingerprint density at radius 1 is 0.641 bits per heavy atom. The van der Waals surface area contributed by atoms with E-state index in [4.69, 9.17) is 14.4 Å². The van der Waals surface area contributed by atoms with Gasteiger partial charge in [-0.15, -0.1) is 22.7 Å². The third-order valence-corrected chi connectivity index (χ3v) is 10.0. The molecule has 1 aliphatic heterocycles. The van der Waals surface area contributed by atoms with Gasteiger partial charge >= 0.3 is 6.71 Å². The normalized spacial score (nSPS) is 13.0. The zero-order valence-electron chi connectivity index (χ0n) is 20.5. The lowest BCUT2D eigenvalue weighted by molar-refractivity contribution is 0.651. The molecule has 0 bridgehead atoms. The molecule has 0 aliphatic carbocycles. The molecule has 4 aromatic carbocycles. The fourth-order valence-electron chi connectivity index (χ4n) is 6.02. The molecule has 8 aromatic rings. The predicted molar refractivity (Wildman–Crippen MR) is 166 cm³/mol. The van der Waals surface area contributed by atoms with E-state index in [1.165, 1.54) is 30.7 Å². The predicted octanol–water partition coefficient (Wildman–Crippen LogP) is 7.10. The Balaban J connectivity index is 1.46. The molecule has 0 radical (unpaired) electrons. The topological polar surface area (TPSA) is 42.2 Å². The standard InChI is InChI=1S/C32H18BN3OS2/c1-2-10-19(11-3-1)33-30-27(20-12-4-7-15-23(20)37-30)36(28-22-14-6-9-17-25(22)39-31(28)33)32-29-26(34-18-35-32)21-13-5-8-16-24(21)38-29/h1-18H. The largest absolute Gasteiger partial charge is 0.468 e. The van der Waals surface area contributed by atoms with Gasteiger partial charge in [-0.3, -0.25) is 4.90 Å². The van der Waals surface area contributed by atoms with E-state index in [9.17, 15) is 0 Å². The van der Waals surface area contributed by atoms with Crippen LogP contribution in [0.2, 0.25) is 0 Å². The van der Waals surface area contributed by atoms with Crippen molar-refractivity contribution in [2.24, 2.45) is 0 Å². The molecule has 0 amide bonds. The lowest BCUT2D eigenvalue weighted by Gasteiger charge is -2.31. The minimum atomic E-state index is -0.0167. The first kappa shape index (κ1) is 21.5. The Labute approximate surface area is 231 Å². The average molecular weight is 535 g/mol. The third-order valence-electron chi connectivity index (χ3n) is 7.65. The molecule has 0 spiro atoms. The lowest BCUT2D eigenvalue weighted by atomic mass is 9.40. The maximum absolute atomic E-state index is 6.76. The maximum atomic E-state index is 6.76. The molecule has 39 heavy (non-hydrogen) atoms. The number of hydrogen-bond donors (Lipinski definition) is 0. The first-order valence-corrected chi connectivity index (χ1v) is 14.5. The van der Waals surface area contributed by atoms with Crippen LogP contribution < -0.4 is 20.8 Å². The number of fused-ring (bicyclic) bond motifs is 9. The molecular weight excluding hydrogens is 517 g/mol. The van der Waals surface area contributed by atoms with Gasteiger partial charge in [0.2, 0.25) is 0 Å². The highest BCUT2D eigenvalue weighted by Gasteiger charge is 2.43. The van der Waals surface area contributed by atoms with Gasteiger partial charge in [0.15, 0.2) is 5.82 Å². The van der Waals surface area contributed by atoms with E-state index in [-0.39, 0.29) is 6.71 Å². The van der Waals surface area contributed by atoms with Crippen molar-refractivity contribution in [1.82, 2.24) is 9.97 Å². The van der Waals surface area contributed by atoms with Crippen LogP contribution in [0.5, 0.6) is 0 Å². The summed E-state index contributed by atoms with van der Waals surface area (Å²) in [5, 5.41) is 3.47. The van der Waals surface area contributed by atoms with Gasteiger partial charge in [-0.05, 0) is 24.3 Å². The van der Waals surface area contributed by atoms with Crippen molar-refractivity contribution in [3.63, 3.8) is 0 Å². The van der Waals surface area contributed by atoms with Gasteiger partial charge in [-0.1, -0.05) is 84.3 Å². The summed E-state index contributed by atoms with van der Waals surface area (Å²) in [5.74, 6) is 0.894. The van der Waals surface area contributed by atoms with E-state index in [2.05, 4.69) is 102 Å². The number of hydrogen-bond acceptors (Lipinski definition) is 6. The van der Waals surface area contributed by atoms with Crippen molar-refractivity contribution in [1.29, 1.82) is 0 Å². The fourth-order valence-corrected chi connectivity index (χ4v) is 8.47. The third kappa shape index (κ3) is 2.94. The number of anilines is 3. The van der Waals surface area contributed by atoms with Crippen LogP contribution in [0.3, 0.4) is 0 Å². The lowest BCUT2D eigenvalue weighted by Crippen LogP contribution is -2.55. The fraction of sp³-hybridized carbons (Fsp3) is 0. The summed E-state index contributed by atoms with van der Waals surface area (Å²) in [5.41, 5.74) is 6.29. The molecular formula is C32H18BN3OS2. The minimum Gasteiger partial charge on any atom is -0.468 e. The molecule has 4 nitrogen and oxygen atoms in total. The van der Waals surface area contributed by atoms with Gasteiger partial charge in [0, 0.05) is 30.3 Å². The molecule has 7 heteroatoms. The van der Waals surface area contributed by atoms with E-state index < -0.39 is 0 Å². The monoisotopic (exact) mass is 535 g/mol. The van der Waals surface area contributed by atoms with Crippen molar-refractivity contribution in [2.45, 2.75) is 0 Å². The molecule has 0 unspecified atom stereocenters. The second-order valence-corrected chi connectivity index (χ2v) is 11.9. The van der Waals surface area contributed by atoms with Crippen LogP contribution in [0.15, 0.2) is 114 Å². The van der Waals surface area contributed by atoms with Crippen LogP contribution in [0.1, 0.15) is 0 Å². The van der Waals surface area contributed by atoms with Gasteiger partial charge in [-0.2, -0.15) is 0 Å². The quantitative estimate of drug-likeness (QED) is 0.222. The Morgan fingerprint density at radius 3 is 2.18 bits per heavy atom. The number of nitrogens with zero attached hydrogens (tertiary/aromatic N) is 3. The molecule has 0 fully saturated rings. The zero-order valence-corrected chi connectivity index (χ0v) is 22.2. The number of thiophene rings is 2. The van der Waals surface area contributed by atoms with Crippen LogP contribution >= 0.6 is 22.7 Å². The van der Waals surface area contributed by atoms with Gasteiger partial charge < -0.3 is 4.42 Å². The summed E-state index contributed by atoms with van der Waals surface area (Å²) in [6.45, 7) is -0.0167. The van der Waals surface area contributed by atoms with Crippen LogP contribution in [-0.2, 0) is 0 Å². The van der Waals surface area contributed by atoms with Crippen molar-refractivity contribution in [3.05, 3.63) is 109 Å². The molecule has 1 aliphatic rings. The van der Waals surface area contributed by atoms with Crippen LogP contribution in [-0.4, -0.2) is 16.7 Å². The Hall–Kier alpha value is -4.46. The highest BCUT2D eigenvalue weighted by Crippen LogP contribution is 2.48. The average Bonchev–Trinajstić information content (AvgIpc) is 3.68. The number of benzene rings is 4. The molecule has 0 N–H and O–H groups in total. The van der Waals surface area contributed by atoms with Crippen LogP contribution in [0.4, 0.5) is 17.2 Å². The Kier molecular flexibility index (Phi) is 4.42. The summed E-state index contributed by atoms with van der Waals surface area (Å²) in [6.07, 6.45) is 1.70. The van der Waals surface area contributed by atoms with Crippen molar-refractivity contribution in [3.8, 4) is 0 Å². The second-order valence-electron chi connectivity index (χ2n) is 9.77. The Bertz CT molecular complexity index is 2130. The highest BCUT2D eigenvalue weighted by molar-refractivity contribution is 7.33. The zero-order chi connectivity index (χ0) is 25.5. The number of rotatable bonds is 2. The van der Waals surface area contributed by atoms with E-state index in [1.54, 1.807) is 17.7 Å². The molecule has 4 aromatic heterocycles. The first-order chi connectivity index (χ1) is 19.4. The Morgan fingerprint density at radius 2 is 1.33 bits per heavy atom. The van der Waals surface area contributed by atoms with E-state index in [0.717, 1.165) is 43.7 Å². The smallest absolute Gasteiger partial charge is 0.305 e. The molecule has 9 rings (SSSR count). The highest BCUT2D eigenvalue weighted by atomic mass is 32.1. The van der Waals surface area contributed by atoms with E-state index in [1.807, 2.05) is 17.4 Å². The van der Waals surface area contributed by atoms with Crippen molar-refractivity contribution in [2.75, 3.05) is 4.90 Å². The molecule has 5 heterocycles. The second kappa shape index (κ2) is 8.02. The number of aromatic nitrogens is 2. The van der Waals surface area contributed by atoms with Gasteiger partial charge in [-0.25, -0.2) is 9.97 Å². The van der Waals surface area contributed by atoms with Gasteiger partial charge in [0.1, 0.15) is 17.6 Å². The molecule has 0 saturated heterocycles. The summed E-state index contributed by atoms with van der Waals surface area (Å²) in [6, 6.07) is 36.2. The first-order valence-electron chi connectivity index (χ1n) is 12.9. The number of para-hydroxylation sites is 1. The summed E-state index contributed by atoms with van der Waals surface area (Å²) in [7, 11) is 0. The van der Waals surface area contributed by atoms with Crippen molar-refractivity contribution < 1.29 is 4.42 Å². The summed E-state index contributed by atoms with van der Waals surface area (Å²) >= 11 is 3.59. The van der Waals surface area contributed by atoms with Gasteiger partial charge in [0.25, 0.3) is 0 Å². The summed E-state index contributed by atoms with van der Waals surface area (Å²) in [4.78, 5) is 12.1. The molecule has 0 saturated carbocycles. The SMILES string of the molecule is c1ccc(B2c3oc4ccccc4c3N(c3ncnc4c3sc3ccccc34)c3c2sc2ccccc32)cc1.